The number of hydrazine groups is 1. The zero-order chi connectivity index (χ0) is 24.6. The molecule has 0 spiro atoms. The van der Waals surface area contributed by atoms with E-state index in [1.807, 2.05) is 0 Å². The Hall–Kier alpha value is -3.31. The van der Waals surface area contributed by atoms with E-state index >= 15 is 0 Å². The number of nitrogens with zero attached hydrogens (tertiary/aromatic N) is 2. The Bertz CT molecular complexity index is 802. The first-order valence-electron chi connectivity index (χ1n) is 10.8. The molecule has 1 aromatic rings. The van der Waals surface area contributed by atoms with Gasteiger partial charge in [-0.3, -0.25) is 24.3 Å². The first-order valence-corrected chi connectivity index (χ1v) is 10.8. The average Bonchev–Trinajstić information content (AvgIpc) is 2.77. The van der Waals surface area contributed by atoms with Crippen molar-refractivity contribution in [1.29, 1.82) is 0 Å². The van der Waals surface area contributed by atoms with E-state index in [9.17, 15) is 24.3 Å². The number of unbranched alkanes of at least 4 members (excludes halogenated alkanes) is 4. The molecule has 1 rings (SSSR count). The Morgan fingerprint density at radius 3 is 2.27 bits per heavy atom. The van der Waals surface area contributed by atoms with Crippen molar-refractivity contribution in [3.63, 3.8) is 0 Å². The molecule has 0 aromatic heterocycles. The number of aliphatic imine (C=N–C) groups is 1. The lowest BCUT2D eigenvalue weighted by atomic mass is 10.0. The molecule has 0 aliphatic carbocycles. The van der Waals surface area contributed by atoms with E-state index in [1.54, 1.807) is 30.3 Å². The number of carboxylic acid groups (broad SMARTS) is 2. The van der Waals surface area contributed by atoms with Crippen LogP contribution in [0.3, 0.4) is 0 Å². The molecule has 2 atom stereocenters. The Morgan fingerprint density at radius 2 is 1.67 bits per heavy atom. The van der Waals surface area contributed by atoms with Gasteiger partial charge in [0.05, 0.1) is 18.8 Å². The predicted molar refractivity (Wildman–Crippen MR) is 122 cm³/mol. The van der Waals surface area contributed by atoms with E-state index in [0.29, 0.717) is 29.8 Å². The van der Waals surface area contributed by atoms with Crippen LogP contribution in [0.4, 0.5) is 0 Å². The highest BCUT2D eigenvalue weighted by atomic mass is 16.4. The maximum atomic E-state index is 12.9. The zero-order valence-corrected chi connectivity index (χ0v) is 18.6. The molecule has 0 aliphatic heterocycles. The van der Waals surface area contributed by atoms with Crippen molar-refractivity contribution in [2.24, 2.45) is 16.6 Å². The second-order valence-corrected chi connectivity index (χ2v) is 7.57. The number of nitrogens with one attached hydrogen (secondary N) is 1. The third-order valence-electron chi connectivity index (χ3n) is 4.93. The number of carbonyl (C=O) groups excluding carboxylic acids is 2. The van der Waals surface area contributed by atoms with Crippen molar-refractivity contribution >= 4 is 30.1 Å². The van der Waals surface area contributed by atoms with E-state index in [4.69, 9.17) is 16.7 Å². The van der Waals surface area contributed by atoms with Crippen LogP contribution in [0.5, 0.6) is 0 Å². The minimum atomic E-state index is -1.52. The molecule has 0 fully saturated rings. The molecule has 0 heterocycles. The molecule has 0 saturated carbocycles. The largest absolute Gasteiger partial charge is 0.481 e. The van der Waals surface area contributed by atoms with Gasteiger partial charge in [0, 0.05) is 19.4 Å². The number of carboxylic acids is 2. The maximum absolute atomic E-state index is 12.9. The molecule has 11 heteroatoms. The summed E-state index contributed by atoms with van der Waals surface area (Å²) in [6.07, 6.45) is 4.33. The van der Waals surface area contributed by atoms with Crippen molar-refractivity contribution in [3.05, 3.63) is 35.9 Å². The summed E-state index contributed by atoms with van der Waals surface area (Å²) in [5.41, 5.74) is 8.63. The standard InChI is InChI=1S/C22H33N5O6/c23-17(14-20(29)30)21(31)27(18(22(32)33)13-16-9-5-4-6-10-16)19(28)11-7-2-1-3-8-12-25-15-26-24/h4-6,9-10,15,17-18H,1-3,7-8,11-14,23-24H2,(H,25,26)(H,29,30)(H,32,33)/t17-,18-/m0/s1. The van der Waals surface area contributed by atoms with Gasteiger partial charge in [0.2, 0.25) is 11.8 Å². The smallest absolute Gasteiger partial charge is 0.327 e. The number of amides is 2. The first kappa shape index (κ1) is 27.7. The minimum Gasteiger partial charge on any atom is -0.481 e. The van der Waals surface area contributed by atoms with Gasteiger partial charge in [-0.15, -0.1) is 0 Å². The number of benzene rings is 1. The third kappa shape index (κ3) is 10.7. The molecular weight excluding hydrogens is 430 g/mol. The van der Waals surface area contributed by atoms with E-state index in [0.717, 1.165) is 19.3 Å². The number of nitrogens with two attached hydrogens (primary N) is 2. The molecule has 182 valence electrons. The Morgan fingerprint density at radius 1 is 1.03 bits per heavy atom. The van der Waals surface area contributed by atoms with Crippen LogP contribution < -0.4 is 17.0 Å². The highest BCUT2D eigenvalue weighted by Crippen LogP contribution is 2.16. The molecule has 1 aromatic carbocycles. The van der Waals surface area contributed by atoms with Crippen LogP contribution in [-0.2, 0) is 25.6 Å². The Labute approximate surface area is 192 Å². The highest BCUT2D eigenvalue weighted by molar-refractivity contribution is 6.02. The van der Waals surface area contributed by atoms with E-state index in [1.165, 1.54) is 6.34 Å². The normalized spacial score (nSPS) is 12.8. The van der Waals surface area contributed by atoms with Gasteiger partial charge in [-0.25, -0.2) is 10.6 Å². The molecule has 0 saturated heterocycles. The summed E-state index contributed by atoms with van der Waals surface area (Å²) >= 11 is 0. The molecule has 33 heavy (non-hydrogen) atoms. The number of rotatable bonds is 16. The quantitative estimate of drug-likeness (QED) is 0.0771. The molecule has 11 nitrogen and oxygen atoms in total. The predicted octanol–water partition coefficient (Wildman–Crippen LogP) is 0.672. The second kappa shape index (κ2) is 15.5. The lowest BCUT2D eigenvalue weighted by Crippen LogP contribution is -2.55. The van der Waals surface area contributed by atoms with Gasteiger partial charge in [-0.2, -0.15) is 0 Å². The van der Waals surface area contributed by atoms with Crippen LogP contribution in [0.25, 0.3) is 0 Å². The van der Waals surface area contributed by atoms with Crippen LogP contribution in [-0.4, -0.2) is 63.8 Å². The first-order chi connectivity index (χ1) is 15.8. The van der Waals surface area contributed by atoms with Crippen LogP contribution in [0.15, 0.2) is 35.3 Å². The molecule has 7 N–H and O–H groups in total. The fraction of sp³-hybridized carbons (Fsp3) is 0.500. The van der Waals surface area contributed by atoms with Crippen LogP contribution in [0.2, 0.25) is 0 Å². The molecule has 0 radical (unpaired) electrons. The lowest BCUT2D eigenvalue weighted by Gasteiger charge is -2.29. The van der Waals surface area contributed by atoms with Gasteiger partial charge in [0.15, 0.2) is 0 Å². The van der Waals surface area contributed by atoms with Crippen molar-refractivity contribution in [2.75, 3.05) is 6.54 Å². The van der Waals surface area contributed by atoms with Crippen molar-refractivity contribution in [3.8, 4) is 0 Å². The Balaban J connectivity index is 2.82. The van der Waals surface area contributed by atoms with Crippen LogP contribution >= 0.6 is 0 Å². The third-order valence-corrected chi connectivity index (χ3v) is 4.93. The number of carbonyl (C=O) groups is 4. The topological polar surface area (TPSA) is 188 Å². The van der Waals surface area contributed by atoms with E-state index in [-0.39, 0.29) is 12.8 Å². The van der Waals surface area contributed by atoms with Crippen molar-refractivity contribution < 1.29 is 29.4 Å². The van der Waals surface area contributed by atoms with Crippen LogP contribution in [0, 0.1) is 0 Å². The average molecular weight is 464 g/mol. The fourth-order valence-electron chi connectivity index (χ4n) is 3.28. The van der Waals surface area contributed by atoms with Gasteiger partial charge < -0.3 is 21.4 Å². The van der Waals surface area contributed by atoms with Gasteiger partial charge in [-0.05, 0) is 18.4 Å². The second-order valence-electron chi connectivity index (χ2n) is 7.57. The summed E-state index contributed by atoms with van der Waals surface area (Å²) in [6.45, 7) is 0.632. The summed E-state index contributed by atoms with van der Waals surface area (Å²) in [5.74, 6) is 0.714. The monoisotopic (exact) mass is 463 g/mol. The minimum absolute atomic E-state index is 0.0423. The maximum Gasteiger partial charge on any atom is 0.327 e. The SMILES string of the molecule is NNC=NCCCCCCCC(=O)N(C(=O)[C@@H](N)CC(=O)O)[C@@H](Cc1ccccc1)C(=O)O. The molecular formula is C22H33N5O6. The summed E-state index contributed by atoms with van der Waals surface area (Å²) in [5, 5.41) is 18.7. The number of hydrogen-bond donors (Lipinski definition) is 5. The summed E-state index contributed by atoms with van der Waals surface area (Å²) in [7, 11) is 0. The molecule has 0 bridgehead atoms. The van der Waals surface area contributed by atoms with E-state index < -0.39 is 42.3 Å². The summed E-state index contributed by atoms with van der Waals surface area (Å²) in [6, 6.07) is 5.57. The van der Waals surface area contributed by atoms with E-state index in [2.05, 4.69) is 10.4 Å². The summed E-state index contributed by atoms with van der Waals surface area (Å²) in [4.78, 5) is 53.4. The molecule has 0 aliphatic rings. The van der Waals surface area contributed by atoms with Crippen LogP contribution in [0.1, 0.15) is 50.5 Å². The highest BCUT2D eigenvalue weighted by Gasteiger charge is 2.37. The molecule has 0 unspecified atom stereocenters. The summed E-state index contributed by atoms with van der Waals surface area (Å²) < 4.78 is 0. The van der Waals surface area contributed by atoms with Gasteiger partial charge in [-0.1, -0.05) is 49.6 Å². The Kier molecular flexibility index (Phi) is 13.0. The van der Waals surface area contributed by atoms with Gasteiger partial charge in [0.25, 0.3) is 0 Å². The zero-order valence-electron chi connectivity index (χ0n) is 18.6. The van der Waals surface area contributed by atoms with Crippen molar-refractivity contribution in [1.82, 2.24) is 10.3 Å². The number of hydrogen-bond acceptors (Lipinski definition) is 7. The van der Waals surface area contributed by atoms with Gasteiger partial charge in [0.1, 0.15) is 6.04 Å². The molecule has 2 amide bonds. The number of aliphatic carboxylic acids is 2. The number of imide groups is 1. The van der Waals surface area contributed by atoms with Crippen molar-refractivity contribution in [2.45, 2.75) is 63.5 Å². The lowest BCUT2D eigenvalue weighted by molar-refractivity contribution is -0.159. The fourth-order valence-corrected chi connectivity index (χ4v) is 3.28. The van der Waals surface area contributed by atoms with Gasteiger partial charge >= 0.3 is 11.9 Å².